The highest BCUT2D eigenvalue weighted by atomic mass is 16.5. The van der Waals surface area contributed by atoms with Crippen molar-refractivity contribution in [1.29, 1.82) is 0 Å². The Balaban J connectivity index is 2.50. The Labute approximate surface area is 97.6 Å². The fourth-order valence-electron chi connectivity index (χ4n) is 1.32. The summed E-state index contributed by atoms with van der Waals surface area (Å²) in [5.74, 6) is 1.73. The zero-order valence-corrected chi connectivity index (χ0v) is 10.1. The highest BCUT2D eigenvalue weighted by molar-refractivity contribution is 5.31. The van der Waals surface area contributed by atoms with Crippen LogP contribution in [0.4, 0.5) is 0 Å². The third-order valence-corrected chi connectivity index (χ3v) is 2.32. The van der Waals surface area contributed by atoms with Crippen LogP contribution in [-0.2, 0) is 0 Å². The lowest BCUT2D eigenvalue weighted by molar-refractivity contribution is 0.205. The summed E-state index contributed by atoms with van der Waals surface area (Å²) in [6, 6.07) is 7.69. The summed E-state index contributed by atoms with van der Waals surface area (Å²) in [6.45, 7) is 5.45. The predicted octanol–water partition coefficient (Wildman–Crippen LogP) is 2.59. The van der Waals surface area contributed by atoms with Crippen molar-refractivity contribution in [3.8, 4) is 11.5 Å². The van der Waals surface area contributed by atoms with Gasteiger partial charge in [0, 0.05) is 6.54 Å². The highest BCUT2D eigenvalue weighted by Crippen LogP contribution is 2.19. The van der Waals surface area contributed by atoms with Crippen LogP contribution in [0.25, 0.3) is 0 Å². The Morgan fingerprint density at radius 3 is 2.25 bits per heavy atom. The molecule has 0 fully saturated rings. The van der Waals surface area contributed by atoms with Crippen LogP contribution in [0.5, 0.6) is 11.5 Å². The van der Waals surface area contributed by atoms with Crippen LogP contribution in [-0.4, -0.2) is 19.3 Å². The zero-order valence-electron chi connectivity index (χ0n) is 10.1. The van der Waals surface area contributed by atoms with E-state index in [0.29, 0.717) is 6.54 Å². The first-order chi connectivity index (χ1) is 7.80. The number of rotatable bonds is 7. The molecule has 1 unspecified atom stereocenters. The molecule has 1 aromatic carbocycles. The van der Waals surface area contributed by atoms with Gasteiger partial charge >= 0.3 is 0 Å². The van der Waals surface area contributed by atoms with Crippen LogP contribution in [0.3, 0.4) is 0 Å². The number of benzene rings is 1. The lowest BCUT2D eigenvalue weighted by atomic mass is 10.2. The Bertz CT molecular complexity index is 280. The van der Waals surface area contributed by atoms with E-state index in [1.807, 2.05) is 24.3 Å². The van der Waals surface area contributed by atoms with E-state index in [-0.39, 0.29) is 6.10 Å². The minimum Gasteiger partial charge on any atom is -0.494 e. The summed E-state index contributed by atoms with van der Waals surface area (Å²) in [5.41, 5.74) is 5.58. The van der Waals surface area contributed by atoms with E-state index in [1.165, 1.54) is 0 Å². The second kappa shape index (κ2) is 7.12. The van der Waals surface area contributed by atoms with Crippen LogP contribution in [0.1, 0.15) is 26.7 Å². The van der Waals surface area contributed by atoms with Crippen LogP contribution in [0, 0.1) is 0 Å². The Kier molecular flexibility index (Phi) is 5.72. The van der Waals surface area contributed by atoms with Crippen LogP contribution in [0.15, 0.2) is 24.3 Å². The van der Waals surface area contributed by atoms with Gasteiger partial charge in [-0.3, -0.25) is 0 Å². The van der Waals surface area contributed by atoms with Crippen molar-refractivity contribution in [3.63, 3.8) is 0 Å². The molecule has 16 heavy (non-hydrogen) atoms. The summed E-state index contributed by atoms with van der Waals surface area (Å²) in [7, 11) is 0. The van der Waals surface area contributed by atoms with Crippen molar-refractivity contribution < 1.29 is 9.47 Å². The van der Waals surface area contributed by atoms with E-state index in [9.17, 15) is 0 Å². The monoisotopic (exact) mass is 223 g/mol. The minimum atomic E-state index is 0.0995. The Hall–Kier alpha value is -1.22. The molecule has 90 valence electrons. The fraction of sp³-hybridized carbons (Fsp3) is 0.538. The molecule has 0 saturated heterocycles. The standard InChI is InChI=1S/C13H21NO2/c1-3-9-15-12-5-7-13(8-6-12)16-11(4-2)10-14/h5-8,11H,3-4,9-10,14H2,1-2H3. The normalized spacial score (nSPS) is 12.2. The van der Waals surface area contributed by atoms with E-state index in [0.717, 1.165) is 30.9 Å². The predicted molar refractivity (Wildman–Crippen MR) is 66.0 cm³/mol. The molecule has 0 heterocycles. The largest absolute Gasteiger partial charge is 0.494 e. The van der Waals surface area contributed by atoms with E-state index < -0.39 is 0 Å². The fourth-order valence-corrected chi connectivity index (χ4v) is 1.32. The molecule has 2 N–H and O–H groups in total. The summed E-state index contributed by atoms with van der Waals surface area (Å²) < 4.78 is 11.2. The molecule has 0 spiro atoms. The summed E-state index contributed by atoms with van der Waals surface area (Å²) in [6.07, 6.45) is 2.04. The molecule has 0 bridgehead atoms. The molecule has 0 aliphatic carbocycles. The minimum absolute atomic E-state index is 0.0995. The number of nitrogens with two attached hydrogens (primary N) is 1. The molecule has 0 amide bonds. The Morgan fingerprint density at radius 2 is 1.75 bits per heavy atom. The summed E-state index contributed by atoms with van der Waals surface area (Å²) in [4.78, 5) is 0. The van der Waals surface area contributed by atoms with Gasteiger partial charge in [0.25, 0.3) is 0 Å². The first-order valence-electron chi connectivity index (χ1n) is 5.89. The maximum atomic E-state index is 5.69. The number of ether oxygens (including phenoxy) is 2. The molecule has 3 heteroatoms. The van der Waals surface area contributed by atoms with Gasteiger partial charge in [0.2, 0.25) is 0 Å². The molecule has 0 aliphatic heterocycles. The van der Waals surface area contributed by atoms with Crippen molar-refractivity contribution in [2.45, 2.75) is 32.8 Å². The van der Waals surface area contributed by atoms with E-state index in [1.54, 1.807) is 0 Å². The zero-order chi connectivity index (χ0) is 11.8. The molecule has 3 nitrogen and oxygen atoms in total. The SMILES string of the molecule is CCCOc1ccc(OC(CC)CN)cc1. The molecular weight excluding hydrogens is 202 g/mol. The van der Waals surface area contributed by atoms with Gasteiger partial charge in [0.15, 0.2) is 0 Å². The third kappa shape index (κ3) is 4.11. The van der Waals surface area contributed by atoms with Crippen LogP contribution in [0.2, 0.25) is 0 Å². The average molecular weight is 223 g/mol. The molecule has 1 atom stereocenters. The molecule has 1 aromatic rings. The maximum Gasteiger partial charge on any atom is 0.120 e. The number of hydrogen-bond acceptors (Lipinski definition) is 3. The van der Waals surface area contributed by atoms with Crippen molar-refractivity contribution in [2.75, 3.05) is 13.2 Å². The van der Waals surface area contributed by atoms with Crippen molar-refractivity contribution in [1.82, 2.24) is 0 Å². The molecule has 0 saturated carbocycles. The van der Waals surface area contributed by atoms with Gasteiger partial charge in [0.05, 0.1) is 6.61 Å². The first-order valence-corrected chi connectivity index (χ1v) is 5.89. The molecule has 1 rings (SSSR count). The van der Waals surface area contributed by atoms with E-state index in [4.69, 9.17) is 15.2 Å². The highest BCUT2D eigenvalue weighted by Gasteiger charge is 2.05. The van der Waals surface area contributed by atoms with Gasteiger partial charge in [-0.1, -0.05) is 13.8 Å². The summed E-state index contributed by atoms with van der Waals surface area (Å²) >= 11 is 0. The average Bonchev–Trinajstić information content (AvgIpc) is 2.35. The van der Waals surface area contributed by atoms with E-state index in [2.05, 4.69) is 13.8 Å². The topological polar surface area (TPSA) is 44.5 Å². The van der Waals surface area contributed by atoms with Gasteiger partial charge in [-0.2, -0.15) is 0 Å². The van der Waals surface area contributed by atoms with Crippen molar-refractivity contribution in [3.05, 3.63) is 24.3 Å². The van der Waals surface area contributed by atoms with Gasteiger partial charge in [-0.05, 0) is 37.1 Å². The molecule has 0 aliphatic rings. The quantitative estimate of drug-likeness (QED) is 0.772. The second-order valence-corrected chi connectivity index (χ2v) is 3.70. The maximum absolute atomic E-state index is 5.69. The lowest BCUT2D eigenvalue weighted by Crippen LogP contribution is -2.25. The van der Waals surface area contributed by atoms with Gasteiger partial charge in [-0.25, -0.2) is 0 Å². The van der Waals surface area contributed by atoms with Gasteiger partial charge in [0.1, 0.15) is 17.6 Å². The molecule has 0 aromatic heterocycles. The first kappa shape index (κ1) is 12.8. The van der Waals surface area contributed by atoms with Crippen molar-refractivity contribution in [2.24, 2.45) is 5.73 Å². The molecular formula is C13H21NO2. The van der Waals surface area contributed by atoms with Crippen LogP contribution >= 0.6 is 0 Å². The number of hydrogen-bond donors (Lipinski definition) is 1. The van der Waals surface area contributed by atoms with Crippen molar-refractivity contribution >= 4 is 0 Å². The van der Waals surface area contributed by atoms with Crippen LogP contribution < -0.4 is 15.2 Å². The summed E-state index contributed by atoms with van der Waals surface area (Å²) in [5, 5.41) is 0. The third-order valence-electron chi connectivity index (χ3n) is 2.32. The lowest BCUT2D eigenvalue weighted by Gasteiger charge is -2.15. The second-order valence-electron chi connectivity index (χ2n) is 3.70. The smallest absolute Gasteiger partial charge is 0.120 e. The van der Waals surface area contributed by atoms with Gasteiger partial charge in [-0.15, -0.1) is 0 Å². The molecule has 0 radical (unpaired) electrons. The Morgan fingerprint density at radius 1 is 1.12 bits per heavy atom. The van der Waals surface area contributed by atoms with E-state index >= 15 is 0 Å². The van der Waals surface area contributed by atoms with Gasteiger partial charge < -0.3 is 15.2 Å².